The summed E-state index contributed by atoms with van der Waals surface area (Å²) in [5, 5.41) is 13.7. The monoisotopic (exact) mass is 111 g/mol. The van der Waals surface area contributed by atoms with Gasteiger partial charge in [0.2, 0.25) is 5.96 Å². The van der Waals surface area contributed by atoms with Crippen molar-refractivity contribution in [3.05, 3.63) is 0 Å². The van der Waals surface area contributed by atoms with Crippen molar-refractivity contribution < 1.29 is 5.21 Å². The van der Waals surface area contributed by atoms with Crippen LogP contribution in [0.25, 0.3) is 0 Å². The third-order valence-corrected chi connectivity index (χ3v) is 0.120. The number of nitrogens with one attached hydrogen (secondary N) is 2. The van der Waals surface area contributed by atoms with Crippen LogP contribution in [0.3, 0.4) is 0 Å². The summed E-state index contributed by atoms with van der Waals surface area (Å²) in [7, 11) is 0. The average molecular weight is 112 g/mol. The second-order valence-electron chi connectivity index (χ2n) is 0.525. The van der Waals surface area contributed by atoms with E-state index in [2.05, 4.69) is 5.73 Å². The van der Waals surface area contributed by atoms with Crippen LogP contribution in [0.4, 0.5) is 0 Å². The predicted octanol–water partition coefficient (Wildman–Crippen LogP) is -0.720. The van der Waals surface area contributed by atoms with Gasteiger partial charge in [-0.15, -0.1) is 12.4 Å². The molecule has 0 amide bonds. The summed E-state index contributed by atoms with van der Waals surface area (Å²) >= 11 is 0. The summed E-state index contributed by atoms with van der Waals surface area (Å²) in [5.41, 5.74) is 5.90. The number of rotatable bonds is 0. The molecule has 0 aliphatic rings. The molecule has 0 fully saturated rings. The van der Waals surface area contributed by atoms with Crippen LogP contribution < -0.4 is 11.2 Å². The lowest BCUT2D eigenvalue weighted by molar-refractivity contribution is 0.232. The Hall–Kier alpha value is -0.480. The average Bonchev–Trinajstić information content (AvgIpc) is 1.38. The van der Waals surface area contributed by atoms with Crippen LogP contribution >= 0.6 is 12.4 Å². The quantitative estimate of drug-likeness (QED) is 0.189. The minimum Gasteiger partial charge on any atom is -0.368 e. The number of hydrogen-bond acceptors (Lipinski definition) is 2. The van der Waals surface area contributed by atoms with Gasteiger partial charge in [-0.05, 0) is 0 Å². The van der Waals surface area contributed by atoms with Gasteiger partial charge in [-0.2, -0.15) is 0 Å². The lowest BCUT2D eigenvalue weighted by Gasteiger charge is -1.84. The maximum absolute atomic E-state index is 7.54. The van der Waals surface area contributed by atoms with Crippen molar-refractivity contribution in [3.63, 3.8) is 0 Å². The molecule has 5 heteroatoms. The van der Waals surface area contributed by atoms with Gasteiger partial charge in [0.15, 0.2) is 0 Å². The van der Waals surface area contributed by atoms with Gasteiger partial charge in [0.05, 0.1) is 0 Å². The Bertz CT molecular complexity index is 46.1. The van der Waals surface area contributed by atoms with Crippen LogP contribution in [-0.4, -0.2) is 11.2 Å². The first kappa shape index (κ1) is 9.10. The molecule has 0 aromatic heterocycles. The van der Waals surface area contributed by atoms with Gasteiger partial charge in [0.25, 0.3) is 0 Å². The zero-order valence-electron chi connectivity index (χ0n) is 2.93. The number of halogens is 1. The number of nitrogens with two attached hydrogens (primary N) is 1. The van der Waals surface area contributed by atoms with Crippen LogP contribution in [0.15, 0.2) is 0 Å². The molecule has 4 nitrogen and oxygen atoms in total. The summed E-state index contributed by atoms with van der Waals surface area (Å²) < 4.78 is 0. The molecule has 0 heterocycles. The van der Waals surface area contributed by atoms with Crippen molar-refractivity contribution in [1.29, 1.82) is 5.41 Å². The van der Waals surface area contributed by atoms with E-state index in [1.54, 1.807) is 0 Å². The fraction of sp³-hybridized carbons (Fsp3) is 0. The van der Waals surface area contributed by atoms with E-state index in [0.717, 1.165) is 0 Å². The van der Waals surface area contributed by atoms with Gasteiger partial charge in [0, 0.05) is 0 Å². The molecule has 0 aliphatic heterocycles. The molecule has 0 aliphatic carbocycles. The summed E-state index contributed by atoms with van der Waals surface area (Å²) in [6.07, 6.45) is 0. The van der Waals surface area contributed by atoms with E-state index < -0.39 is 5.96 Å². The second-order valence-corrected chi connectivity index (χ2v) is 0.525. The topological polar surface area (TPSA) is 82.1 Å². The lowest BCUT2D eigenvalue weighted by Crippen LogP contribution is -2.26. The molecule has 0 aromatic rings. The summed E-state index contributed by atoms with van der Waals surface area (Å²) in [5.74, 6) is -0.440. The SMILES string of the molecule is Cl.N=C(N)NO. The molecule has 0 atom stereocenters. The van der Waals surface area contributed by atoms with E-state index in [4.69, 9.17) is 10.6 Å². The first-order valence-corrected chi connectivity index (χ1v) is 1.01. The first-order chi connectivity index (χ1) is 2.27. The highest BCUT2D eigenvalue weighted by Gasteiger charge is 1.67. The fourth-order valence-electron chi connectivity index (χ4n) is 0. The molecule has 0 spiro atoms. The molecule has 0 unspecified atom stereocenters. The van der Waals surface area contributed by atoms with E-state index in [0.29, 0.717) is 0 Å². The highest BCUT2D eigenvalue weighted by molar-refractivity contribution is 5.85. The Balaban J connectivity index is 0. The van der Waals surface area contributed by atoms with Gasteiger partial charge in [-0.3, -0.25) is 10.6 Å². The zero-order chi connectivity index (χ0) is 4.28. The van der Waals surface area contributed by atoms with Crippen molar-refractivity contribution in [2.75, 3.05) is 0 Å². The molecular formula is CH6ClN3O. The standard InChI is InChI=1S/CH5N3O.ClH/c2-1(3)4-5;/h5H,(H4,2,3,4);1H. The van der Waals surface area contributed by atoms with Crippen LogP contribution in [0.2, 0.25) is 0 Å². The predicted molar refractivity (Wildman–Crippen MR) is 24.1 cm³/mol. The first-order valence-electron chi connectivity index (χ1n) is 1.01. The lowest BCUT2D eigenvalue weighted by atomic mass is 11.1. The second kappa shape index (κ2) is 4.52. The Morgan fingerprint density at radius 2 is 2.00 bits per heavy atom. The van der Waals surface area contributed by atoms with Gasteiger partial charge < -0.3 is 5.73 Å². The molecular weight excluding hydrogens is 105 g/mol. The number of hydrogen-bond donors (Lipinski definition) is 4. The Kier molecular flexibility index (Phi) is 6.86. The molecule has 0 rings (SSSR count). The minimum atomic E-state index is -0.440. The summed E-state index contributed by atoms with van der Waals surface area (Å²) in [6, 6.07) is 0. The highest BCUT2D eigenvalue weighted by atomic mass is 35.5. The van der Waals surface area contributed by atoms with E-state index in [1.165, 1.54) is 5.48 Å². The Morgan fingerprint density at radius 3 is 2.00 bits per heavy atom. The fourth-order valence-corrected chi connectivity index (χ4v) is 0. The van der Waals surface area contributed by atoms with Gasteiger partial charge in [0.1, 0.15) is 0 Å². The molecule has 0 radical (unpaired) electrons. The summed E-state index contributed by atoms with van der Waals surface area (Å²) in [6.45, 7) is 0. The molecule has 0 saturated heterocycles. The van der Waals surface area contributed by atoms with Gasteiger partial charge >= 0.3 is 0 Å². The number of hydroxylamine groups is 1. The summed E-state index contributed by atoms with van der Waals surface area (Å²) in [4.78, 5) is 0. The van der Waals surface area contributed by atoms with Crippen LogP contribution in [-0.2, 0) is 0 Å². The number of guanidine groups is 1. The van der Waals surface area contributed by atoms with Crippen LogP contribution in [0.1, 0.15) is 0 Å². The van der Waals surface area contributed by atoms with Crippen molar-refractivity contribution in [2.24, 2.45) is 5.73 Å². The third kappa shape index (κ3) is 9.68. The van der Waals surface area contributed by atoms with E-state index in [9.17, 15) is 0 Å². The Labute approximate surface area is 41.2 Å². The molecule has 0 bridgehead atoms. The van der Waals surface area contributed by atoms with Crippen molar-refractivity contribution in [3.8, 4) is 0 Å². The largest absolute Gasteiger partial charge is 0.368 e. The molecule has 0 saturated carbocycles. The maximum atomic E-state index is 7.54. The van der Waals surface area contributed by atoms with Crippen molar-refractivity contribution in [2.45, 2.75) is 0 Å². The third-order valence-electron chi connectivity index (χ3n) is 0.120. The normalized spacial score (nSPS) is 5.50. The Morgan fingerprint density at radius 1 is 1.83 bits per heavy atom. The minimum absolute atomic E-state index is 0. The smallest absolute Gasteiger partial charge is 0.209 e. The molecule has 38 valence electrons. The zero-order valence-corrected chi connectivity index (χ0v) is 3.75. The van der Waals surface area contributed by atoms with E-state index >= 15 is 0 Å². The van der Waals surface area contributed by atoms with Crippen LogP contribution in [0, 0.1) is 5.41 Å². The van der Waals surface area contributed by atoms with E-state index in [1.807, 2.05) is 0 Å². The van der Waals surface area contributed by atoms with E-state index in [-0.39, 0.29) is 12.4 Å². The molecule has 5 N–H and O–H groups in total. The molecule has 0 aromatic carbocycles. The maximum Gasteiger partial charge on any atom is 0.209 e. The van der Waals surface area contributed by atoms with Gasteiger partial charge in [-0.25, -0.2) is 5.48 Å². The van der Waals surface area contributed by atoms with Crippen molar-refractivity contribution >= 4 is 18.4 Å². The molecule has 6 heavy (non-hydrogen) atoms. The highest BCUT2D eigenvalue weighted by Crippen LogP contribution is 1.30. The van der Waals surface area contributed by atoms with Crippen LogP contribution in [0.5, 0.6) is 0 Å². The van der Waals surface area contributed by atoms with Crippen molar-refractivity contribution in [1.82, 2.24) is 5.48 Å². The van der Waals surface area contributed by atoms with Gasteiger partial charge in [-0.1, -0.05) is 0 Å².